The predicted molar refractivity (Wildman–Crippen MR) is 29.9 cm³/mol. The summed E-state index contributed by atoms with van der Waals surface area (Å²) in [4.78, 5) is 30.1. The molecule has 0 aromatic rings. The van der Waals surface area contributed by atoms with Gasteiger partial charge >= 0.3 is 14.0 Å². The lowest BCUT2D eigenvalue weighted by atomic mass is 11.5. The van der Waals surface area contributed by atoms with Crippen molar-refractivity contribution in [3.05, 3.63) is 0 Å². The van der Waals surface area contributed by atoms with Crippen molar-refractivity contribution in [1.82, 2.24) is 6.15 Å². The molecule has 0 aliphatic rings. The van der Waals surface area contributed by atoms with Gasteiger partial charge < -0.3 is 31.0 Å². The molecule has 0 rings (SSSR count). The molecule has 64 valence electrons. The Bertz CT molecular complexity index is 113. The summed E-state index contributed by atoms with van der Waals surface area (Å²) in [7, 11) is -4.64. The number of phosphoric acid groups is 1. The van der Waals surface area contributed by atoms with Crippen LogP contribution in [0.3, 0.4) is 0 Å². The first-order valence-electron chi connectivity index (χ1n) is 1.43. The van der Waals surface area contributed by atoms with E-state index in [9.17, 15) is 0 Å². The Balaban J connectivity index is -0.0000000910. The zero-order valence-corrected chi connectivity index (χ0v) is 5.60. The average Bonchev–Trinajstić information content (AvgIpc) is 1.19. The maximum Gasteiger partial charge on any atom is 0.503 e. The van der Waals surface area contributed by atoms with Crippen molar-refractivity contribution in [1.29, 1.82) is 0 Å². The summed E-state index contributed by atoms with van der Waals surface area (Å²) in [6.45, 7) is 0. The highest BCUT2D eigenvalue weighted by atomic mass is 31.2. The van der Waals surface area contributed by atoms with Gasteiger partial charge in [0.1, 0.15) is 0 Å². The molecule has 0 unspecified atom stereocenters. The summed E-state index contributed by atoms with van der Waals surface area (Å²) < 4.78 is 8.88. The third-order valence-electron chi connectivity index (χ3n) is 0. The Morgan fingerprint density at radius 3 is 1.10 bits per heavy atom. The van der Waals surface area contributed by atoms with Crippen LogP contribution in [0.4, 0.5) is 4.79 Å². The van der Waals surface area contributed by atoms with Gasteiger partial charge in [-0.1, -0.05) is 0 Å². The van der Waals surface area contributed by atoms with Crippen molar-refractivity contribution in [2.45, 2.75) is 0 Å². The second-order valence-electron chi connectivity index (χ2n) is 0.796. The zero-order chi connectivity index (χ0) is 8.08. The Morgan fingerprint density at radius 1 is 1.10 bits per heavy atom. The second kappa shape index (κ2) is 6.46. The molecule has 0 bridgehead atoms. The van der Waals surface area contributed by atoms with Crippen molar-refractivity contribution in [3.8, 4) is 0 Å². The fraction of sp³-hybridized carbons (Fsp3) is 0. The van der Waals surface area contributed by atoms with Crippen molar-refractivity contribution in [3.63, 3.8) is 0 Å². The molecule has 0 spiro atoms. The van der Waals surface area contributed by atoms with Gasteiger partial charge in [0.25, 0.3) is 0 Å². The second-order valence-corrected chi connectivity index (χ2v) is 1.82. The smallest absolute Gasteiger partial charge is 0.450 e. The van der Waals surface area contributed by atoms with Gasteiger partial charge in [0.15, 0.2) is 0 Å². The van der Waals surface area contributed by atoms with Crippen LogP contribution in [-0.4, -0.2) is 31.0 Å². The van der Waals surface area contributed by atoms with E-state index >= 15 is 0 Å². The van der Waals surface area contributed by atoms with Gasteiger partial charge in [-0.15, -0.1) is 0 Å². The van der Waals surface area contributed by atoms with Crippen LogP contribution in [0, 0.1) is 0 Å². The van der Waals surface area contributed by atoms with Crippen molar-refractivity contribution in [2.24, 2.45) is 0 Å². The van der Waals surface area contributed by atoms with E-state index in [-0.39, 0.29) is 6.15 Å². The molecule has 0 atom stereocenters. The number of hydrogen-bond acceptors (Lipinski definition) is 3. The summed E-state index contributed by atoms with van der Waals surface area (Å²) >= 11 is 0. The highest BCUT2D eigenvalue weighted by molar-refractivity contribution is 7.45. The maximum absolute atomic E-state index is 8.88. The number of rotatable bonds is 0. The number of carbonyl (C=O) groups is 1. The van der Waals surface area contributed by atoms with E-state index in [1.165, 1.54) is 0 Å². The monoisotopic (exact) mass is 177 g/mol. The highest BCUT2D eigenvalue weighted by Crippen LogP contribution is 2.25. The molecule has 10 heavy (non-hydrogen) atoms. The third-order valence-corrected chi connectivity index (χ3v) is 0. The van der Waals surface area contributed by atoms with Crippen LogP contribution in [-0.2, 0) is 4.57 Å². The van der Waals surface area contributed by atoms with E-state index in [0.29, 0.717) is 0 Å². The van der Waals surface area contributed by atoms with E-state index < -0.39 is 14.0 Å². The van der Waals surface area contributed by atoms with Crippen LogP contribution in [0.5, 0.6) is 0 Å². The molecule has 0 aliphatic heterocycles. The van der Waals surface area contributed by atoms with Crippen molar-refractivity contribution >= 4 is 14.0 Å². The normalized spacial score (nSPS) is 8.30. The van der Waals surface area contributed by atoms with Crippen LogP contribution in [0.1, 0.15) is 0 Å². The summed E-state index contributed by atoms with van der Waals surface area (Å²) in [5.41, 5.74) is 0. The molecule has 0 saturated heterocycles. The molecule has 0 radical (unpaired) electrons. The van der Waals surface area contributed by atoms with E-state index in [4.69, 9.17) is 34.3 Å². The molecule has 0 aliphatic carbocycles. The number of carboxylic acid groups (broad SMARTS) is 2. The lowest BCUT2D eigenvalue weighted by Crippen LogP contribution is -1.81. The zero-order valence-electron chi connectivity index (χ0n) is 4.71. The first-order valence-corrected chi connectivity index (χ1v) is 3.00. The van der Waals surface area contributed by atoms with Gasteiger partial charge in [-0.25, -0.2) is 9.36 Å². The summed E-state index contributed by atoms with van der Waals surface area (Å²) in [6, 6.07) is 0. The average molecular weight is 177 g/mol. The topological polar surface area (TPSA) is 170 Å². The van der Waals surface area contributed by atoms with Crippen LogP contribution in [0.25, 0.3) is 0 Å². The van der Waals surface area contributed by atoms with Gasteiger partial charge in [0, 0.05) is 0 Å². The van der Waals surface area contributed by atoms with Gasteiger partial charge in [0.05, 0.1) is 0 Å². The Labute approximate surface area is 55.6 Å². The SMILES string of the molecule is N.O=C(O)O.O=P(O)(O)O. The molecule has 0 aromatic heterocycles. The molecule has 0 heterocycles. The molecular weight excluding hydrogens is 169 g/mol. The minimum absolute atomic E-state index is 0. The minimum atomic E-state index is -4.64. The fourth-order valence-corrected chi connectivity index (χ4v) is 0. The lowest BCUT2D eigenvalue weighted by molar-refractivity contribution is 0.137. The molecule has 8 N–H and O–H groups in total. The van der Waals surface area contributed by atoms with Crippen molar-refractivity contribution in [2.75, 3.05) is 0 Å². The van der Waals surface area contributed by atoms with Crippen LogP contribution >= 0.6 is 7.82 Å². The first-order chi connectivity index (χ1) is 3.73. The molecule has 9 heteroatoms. The molecular formula is CH8NO7P. The highest BCUT2D eigenvalue weighted by Gasteiger charge is 2.00. The molecule has 8 nitrogen and oxygen atoms in total. The van der Waals surface area contributed by atoms with E-state index in [0.717, 1.165) is 0 Å². The lowest BCUT2D eigenvalue weighted by Gasteiger charge is -1.82. The van der Waals surface area contributed by atoms with E-state index in [1.807, 2.05) is 0 Å². The fourth-order valence-electron chi connectivity index (χ4n) is 0. The third kappa shape index (κ3) is 677. The standard InChI is InChI=1S/CH2O3.H3N.H3O4P/c2-1(3)4;;1-5(2,3)4/h(H2,2,3,4);1H3;(H3,1,2,3,4). The van der Waals surface area contributed by atoms with Crippen LogP contribution in [0.15, 0.2) is 0 Å². The predicted octanol–water partition coefficient (Wildman–Crippen LogP) is -0.544. The Morgan fingerprint density at radius 2 is 1.10 bits per heavy atom. The van der Waals surface area contributed by atoms with Gasteiger partial charge in [0.2, 0.25) is 0 Å². The molecule has 0 amide bonds. The van der Waals surface area contributed by atoms with Gasteiger partial charge in [-0.3, -0.25) is 0 Å². The largest absolute Gasteiger partial charge is 0.503 e. The molecule has 0 fully saturated rings. The van der Waals surface area contributed by atoms with Gasteiger partial charge in [-0.05, 0) is 0 Å². The van der Waals surface area contributed by atoms with E-state index in [2.05, 4.69) is 0 Å². The van der Waals surface area contributed by atoms with E-state index in [1.54, 1.807) is 0 Å². The quantitative estimate of drug-likeness (QED) is 0.267. The summed E-state index contributed by atoms with van der Waals surface area (Å²) in [6.07, 6.45) is -1.83. The molecule has 0 aromatic carbocycles. The van der Waals surface area contributed by atoms with Gasteiger partial charge in [-0.2, -0.15) is 0 Å². The van der Waals surface area contributed by atoms with Crippen LogP contribution in [0.2, 0.25) is 0 Å². The van der Waals surface area contributed by atoms with Crippen molar-refractivity contribution < 1.29 is 34.3 Å². The minimum Gasteiger partial charge on any atom is -0.450 e. The molecule has 0 saturated carbocycles. The Hall–Kier alpha value is -0.660. The number of hydrogen-bond donors (Lipinski definition) is 6. The maximum atomic E-state index is 8.88. The summed E-state index contributed by atoms with van der Waals surface area (Å²) in [5, 5.41) is 13.9. The first kappa shape index (κ1) is 16.2. The Kier molecular flexibility index (Phi) is 10.4. The summed E-state index contributed by atoms with van der Waals surface area (Å²) in [5.74, 6) is 0. The van der Waals surface area contributed by atoms with Crippen LogP contribution < -0.4 is 6.15 Å².